The van der Waals surface area contributed by atoms with E-state index in [1.807, 2.05) is 0 Å². The van der Waals surface area contributed by atoms with Crippen LogP contribution in [0.25, 0.3) is 0 Å². The van der Waals surface area contributed by atoms with Crippen LogP contribution in [0.15, 0.2) is 18.2 Å². The van der Waals surface area contributed by atoms with Crippen LogP contribution in [0, 0.1) is 17.2 Å². The number of piperidine rings is 1. The Labute approximate surface area is 135 Å². The van der Waals surface area contributed by atoms with Gasteiger partial charge >= 0.3 is 12.2 Å². The minimum atomic E-state index is -4.73. The lowest BCUT2D eigenvalue weighted by atomic mass is 9.99. The fourth-order valence-corrected chi connectivity index (χ4v) is 4.37. The highest BCUT2D eigenvalue weighted by molar-refractivity contribution is 6.17. The van der Waals surface area contributed by atoms with Gasteiger partial charge in [0.15, 0.2) is 6.04 Å². The highest BCUT2D eigenvalue weighted by atomic mass is 19.4. The van der Waals surface area contributed by atoms with Crippen LogP contribution in [0.2, 0.25) is 0 Å². The van der Waals surface area contributed by atoms with E-state index in [-0.39, 0.29) is 17.6 Å². The van der Waals surface area contributed by atoms with Crippen molar-refractivity contribution in [3.05, 3.63) is 29.3 Å². The summed E-state index contributed by atoms with van der Waals surface area (Å²) >= 11 is 0. The van der Waals surface area contributed by atoms with Crippen molar-refractivity contribution in [1.29, 1.82) is 5.26 Å². The molecule has 3 fully saturated rings. The molecule has 3 amide bonds. The number of nitrogens with zero attached hydrogens (tertiary/aromatic N) is 2. The lowest BCUT2D eigenvalue weighted by molar-refractivity contribution is -0.844. The number of anilines is 1. The lowest BCUT2D eigenvalue weighted by Crippen LogP contribution is -3.18. The molecule has 0 aromatic heterocycles. The topological polar surface area (TPSA) is 65.6 Å². The average Bonchev–Trinajstić information content (AvgIpc) is 3.20. The molecule has 0 spiro atoms. The van der Waals surface area contributed by atoms with Gasteiger partial charge in [-0.3, -0.25) is 4.79 Å². The predicted octanol–water partition coefficient (Wildman–Crippen LogP) is 1.48. The number of nitriles is 1. The maximum absolute atomic E-state index is 13.1. The van der Waals surface area contributed by atoms with Gasteiger partial charge in [0.05, 0.1) is 28.9 Å². The Morgan fingerprint density at radius 3 is 2.62 bits per heavy atom. The van der Waals surface area contributed by atoms with Crippen LogP contribution in [0.3, 0.4) is 0 Å². The molecule has 8 heteroatoms. The van der Waals surface area contributed by atoms with Gasteiger partial charge in [0.25, 0.3) is 5.91 Å². The minimum absolute atomic E-state index is 0.0851. The van der Waals surface area contributed by atoms with Crippen LogP contribution in [0.4, 0.5) is 23.7 Å². The number of quaternary nitrogens is 1. The molecule has 124 valence electrons. The molecule has 0 radical (unpaired) electrons. The van der Waals surface area contributed by atoms with Gasteiger partial charge in [0.2, 0.25) is 0 Å². The zero-order valence-corrected chi connectivity index (χ0v) is 12.4. The highest BCUT2D eigenvalue weighted by Gasteiger charge is 2.64. The number of nitrogens with one attached hydrogen (secondary N) is 1. The zero-order valence-electron chi connectivity index (χ0n) is 12.4. The molecular weight excluding hydrogens is 323 g/mol. The first-order valence-corrected chi connectivity index (χ1v) is 7.69. The number of alkyl halides is 3. The third kappa shape index (κ3) is 1.91. The van der Waals surface area contributed by atoms with Crippen LogP contribution in [0.5, 0.6) is 0 Å². The Bertz CT molecular complexity index is 771. The molecule has 2 aliphatic heterocycles. The largest absolute Gasteiger partial charge is 0.429 e. The molecule has 4 rings (SSSR count). The van der Waals surface area contributed by atoms with E-state index in [1.54, 1.807) is 0 Å². The standard InChI is InChI=1S/C16H12F3N3O2/c17-16(18,19)12-6-11(4-2-9(12)7-20)22-14(23)13-8-1-3-10(5-8)21(13)15(22)24/h2,4,6,8,10,13H,1,3,5H2/p+1/t8?,10?,13-/m1/s1. The molecule has 1 aromatic rings. The van der Waals surface area contributed by atoms with E-state index >= 15 is 0 Å². The first-order chi connectivity index (χ1) is 11.3. The minimum Gasteiger partial charge on any atom is -0.267 e. The van der Waals surface area contributed by atoms with Gasteiger partial charge < -0.3 is 0 Å². The molecule has 1 N–H and O–H groups in total. The van der Waals surface area contributed by atoms with Gasteiger partial charge in [-0.15, -0.1) is 0 Å². The number of fused-ring (bicyclic) bond motifs is 5. The summed E-state index contributed by atoms with van der Waals surface area (Å²) in [5, 5.41) is 8.85. The maximum atomic E-state index is 13.1. The van der Waals surface area contributed by atoms with Gasteiger partial charge in [0, 0.05) is 18.8 Å². The van der Waals surface area contributed by atoms with Crippen LogP contribution in [-0.2, 0) is 11.0 Å². The van der Waals surface area contributed by atoms with E-state index in [0.717, 1.165) is 36.3 Å². The SMILES string of the molecule is N#Cc1ccc(N2C(=O)[C@H]3C4CCC(C4)[NH+]3C2=O)cc1C(F)(F)F. The van der Waals surface area contributed by atoms with E-state index < -0.39 is 35.3 Å². The van der Waals surface area contributed by atoms with Crippen LogP contribution in [0.1, 0.15) is 30.4 Å². The second-order valence-electron chi connectivity index (χ2n) is 6.52. The Hall–Kier alpha value is -2.40. The summed E-state index contributed by atoms with van der Waals surface area (Å²) in [5.41, 5.74) is -1.77. The quantitative estimate of drug-likeness (QED) is 0.790. The number of rotatable bonds is 1. The molecule has 1 aliphatic carbocycles. The number of halogens is 3. The van der Waals surface area contributed by atoms with Gasteiger partial charge in [0.1, 0.15) is 0 Å². The Morgan fingerprint density at radius 1 is 1.25 bits per heavy atom. The van der Waals surface area contributed by atoms with Crippen molar-refractivity contribution in [2.45, 2.75) is 37.5 Å². The first kappa shape index (κ1) is 15.1. The average molecular weight is 336 g/mol. The molecule has 3 unspecified atom stereocenters. The lowest BCUT2D eigenvalue weighted by Gasteiger charge is -2.20. The monoisotopic (exact) mass is 336 g/mol. The van der Waals surface area contributed by atoms with Crippen molar-refractivity contribution >= 4 is 17.6 Å². The third-order valence-electron chi connectivity index (χ3n) is 5.34. The summed E-state index contributed by atoms with van der Waals surface area (Å²) in [5.74, 6) is -0.299. The molecule has 1 aromatic carbocycles. The van der Waals surface area contributed by atoms with E-state index in [1.165, 1.54) is 12.1 Å². The summed E-state index contributed by atoms with van der Waals surface area (Å²) in [6, 6.07) is 3.59. The highest BCUT2D eigenvalue weighted by Crippen LogP contribution is 2.38. The van der Waals surface area contributed by atoms with E-state index in [0.29, 0.717) is 4.90 Å². The number of benzene rings is 1. The molecule has 1 saturated carbocycles. The second-order valence-corrected chi connectivity index (χ2v) is 6.52. The van der Waals surface area contributed by atoms with Crippen molar-refractivity contribution < 1.29 is 27.7 Å². The Kier molecular flexibility index (Phi) is 3.03. The summed E-state index contributed by atoms with van der Waals surface area (Å²) in [7, 11) is 0. The number of amides is 3. The predicted molar refractivity (Wildman–Crippen MR) is 74.9 cm³/mol. The molecule has 3 aliphatic rings. The fourth-order valence-electron chi connectivity index (χ4n) is 4.37. The van der Waals surface area contributed by atoms with Gasteiger partial charge in [-0.1, -0.05) is 0 Å². The van der Waals surface area contributed by atoms with Crippen molar-refractivity contribution in [3.63, 3.8) is 0 Å². The molecule has 2 saturated heterocycles. The summed E-state index contributed by atoms with van der Waals surface area (Å²) < 4.78 is 39.4. The number of hydrogen-bond donors (Lipinski definition) is 1. The maximum Gasteiger partial charge on any atom is 0.429 e. The number of hydrogen-bond acceptors (Lipinski definition) is 3. The normalized spacial score (nSPS) is 31.5. The molecule has 4 atom stereocenters. The van der Waals surface area contributed by atoms with E-state index in [2.05, 4.69) is 0 Å². The van der Waals surface area contributed by atoms with Crippen molar-refractivity contribution in [2.75, 3.05) is 4.90 Å². The van der Waals surface area contributed by atoms with Crippen LogP contribution in [-0.4, -0.2) is 24.0 Å². The number of urea groups is 1. The van der Waals surface area contributed by atoms with Crippen molar-refractivity contribution in [3.8, 4) is 6.07 Å². The number of carbonyl (C=O) groups is 2. The van der Waals surface area contributed by atoms with E-state index in [9.17, 15) is 22.8 Å². The first-order valence-electron chi connectivity index (χ1n) is 7.69. The Balaban J connectivity index is 1.76. The number of imide groups is 1. The van der Waals surface area contributed by atoms with Crippen LogP contribution < -0.4 is 9.80 Å². The second kappa shape index (κ2) is 4.80. The molecule has 5 nitrogen and oxygen atoms in total. The van der Waals surface area contributed by atoms with Gasteiger partial charge in [-0.05, 0) is 24.6 Å². The fraction of sp³-hybridized carbons (Fsp3) is 0.438. The van der Waals surface area contributed by atoms with Gasteiger partial charge in [-0.2, -0.15) is 23.3 Å². The summed E-state index contributed by atoms with van der Waals surface area (Å²) in [6.07, 6.45) is -2.15. The van der Waals surface area contributed by atoms with E-state index in [4.69, 9.17) is 5.26 Å². The molecular formula is C16H13F3N3O2+. The summed E-state index contributed by atoms with van der Waals surface area (Å²) in [6.45, 7) is 0. The van der Waals surface area contributed by atoms with Crippen LogP contribution >= 0.6 is 0 Å². The van der Waals surface area contributed by atoms with Crippen molar-refractivity contribution in [1.82, 2.24) is 0 Å². The molecule has 2 heterocycles. The molecule has 24 heavy (non-hydrogen) atoms. The summed E-state index contributed by atoms with van der Waals surface area (Å²) in [4.78, 5) is 26.7. The number of carbonyl (C=O) groups excluding carboxylic acids is 2. The van der Waals surface area contributed by atoms with Crippen molar-refractivity contribution in [2.24, 2.45) is 5.92 Å². The smallest absolute Gasteiger partial charge is 0.267 e. The van der Waals surface area contributed by atoms with Gasteiger partial charge in [-0.25, -0.2) is 9.69 Å². The Morgan fingerprint density at radius 2 is 2.00 bits per heavy atom. The zero-order chi connectivity index (χ0) is 17.2. The third-order valence-corrected chi connectivity index (χ3v) is 5.34. The molecule has 2 bridgehead atoms.